The average Bonchev–Trinajstić information content (AvgIpc) is 2.83. The van der Waals surface area contributed by atoms with Gasteiger partial charge in [-0.05, 0) is 18.1 Å². The normalized spacial score (nSPS) is 10.4. The van der Waals surface area contributed by atoms with Crippen LogP contribution in [0.2, 0.25) is 0 Å². The van der Waals surface area contributed by atoms with Gasteiger partial charge in [-0.3, -0.25) is 4.79 Å². The van der Waals surface area contributed by atoms with E-state index < -0.39 is 0 Å². The van der Waals surface area contributed by atoms with Crippen LogP contribution >= 0.6 is 11.3 Å². The van der Waals surface area contributed by atoms with Crippen LogP contribution in [0.5, 0.6) is 0 Å². The van der Waals surface area contributed by atoms with Crippen molar-refractivity contribution in [3.63, 3.8) is 0 Å². The number of amides is 1. The SMILES string of the molecule is Cc1ncc(CNC(=O)Cc2ccccc2CN)s1. The van der Waals surface area contributed by atoms with E-state index in [1.165, 1.54) is 0 Å². The van der Waals surface area contributed by atoms with Crippen molar-refractivity contribution in [3.05, 3.63) is 51.5 Å². The van der Waals surface area contributed by atoms with Gasteiger partial charge in [-0.25, -0.2) is 4.98 Å². The van der Waals surface area contributed by atoms with Gasteiger partial charge in [0.05, 0.1) is 18.0 Å². The van der Waals surface area contributed by atoms with Crippen LogP contribution in [0.15, 0.2) is 30.5 Å². The third kappa shape index (κ3) is 3.87. The molecule has 0 bridgehead atoms. The van der Waals surface area contributed by atoms with E-state index in [0.29, 0.717) is 19.5 Å². The second kappa shape index (κ2) is 6.45. The number of hydrogen-bond acceptors (Lipinski definition) is 4. The lowest BCUT2D eigenvalue weighted by atomic mass is 10.0. The van der Waals surface area contributed by atoms with Crippen molar-refractivity contribution in [2.24, 2.45) is 5.73 Å². The second-order valence-corrected chi connectivity index (χ2v) is 5.59. The Labute approximate surface area is 116 Å². The molecule has 1 amide bonds. The summed E-state index contributed by atoms with van der Waals surface area (Å²) in [5, 5.41) is 3.91. The van der Waals surface area contributed by atoms with E-state index >= 15 is 0 Å². The smallest absolute Gasteiger partial charge is 0.224 e. The first-order chi connectivity index (χ1) is 9.19. The van der Waals surface area contributed by atoms with E-state index in [-0.39, 0.29) is 5.91 Å². The molecule has 19 heavy (non-hydrogen) atoms. The Hall–Kier alpha value is -1.72. The molecule has 0 atom stereocenters. The number of nitrogens with one attached hydrogen (secondary N) is 1. The lowest BCUT2D eigenvalue weighted by molar-refractivity contribution is -0.120. The molecule has 1 heterocycles. The van der Waals surface area contributed by atoms with Crippen LogP contribution in [0.3, 0.4) is 0 Å². The molecular formula is C14H17N3OS. The number of carbonyl (C=O) groups excluding carboxylic acids is 1. The third-order valence-corrected chi connectivity index (χ3v) is 3.73. The summed E-state index contributed by atoms with van der Waals surface area (Å²) >= 11 is 1.60. The van der Waals surface area contributed by atoms with Crippen LogP contribution in [0, 0.1) is 6.92 Å². The Morgan fingerprint density at radius 3 is 2.74 bits per heavy atom. The highest BCUT2D eigenvalue weighted by molar-refractivity contribution is 7.11. The lowest BCUT2D eigenvalue weighted by Crippen LogP contribution is -2.24. The highest BCUT2D eigenvalue weighted by Gasteiger charge is 2.07. The predicted molar refractivity (Wildman–Crippen MR) is 76.7 cm³/mol. The molecule has 3 N–H and O–H groups in total. The van der Waals surface area contributed by atoms with Crippen molar-refractivity contribution in [2.45, 2.75) is 26.4 Å². The molecule has 0 aliphatic rings. The summed E-state index contributed by atoms with van der Waals surface area (Å²) in [5.41, 5.74) is 7.66. The molecule has 0 aliphatic carbocycles. The van der Waals surface area contributed by atoms with Gasteiger partial charge in [0.15, 0.2) is 0 Å². The molecule has 0 aliphatic heterocycles. The van der Waals surface area contributed by atoms with Crippen LogP contribution in [0.4, 0.5) is 0 Å². The summed E-state index contributed by atoms with van der Waals surface area (Å²) in [6.07, 6.45) is 2.17. The van der Waals surface area contributed by atoms with Gasteiger partial charge in [0.25, 0.3) is 0 Å². The molecule has 0 saturated carbocycles. The molecule has 1 aromatic heterocycles. The minimum absolute atomic E-state index is 0.00644. The highest BCUT2D eigenvalue weighted by Crippen LogP contribution is 2.11. The molecule has 0 spiro atoms. The number of carbonyl (C=O) groups is 1. The Morgan fingerprint density at radius 2 is 2.11 bits per heavy atom. The first kappa shape index (κ1) is 13.7. The molecule has 4 nitrogen and oxygen atoms in total. The van der Waals surface area contributed by atoms with Gasteiger partial charge < -0.3 is 11.1 Å². The maximum absolute atomic E-state index is 11.9. The largest absolute Gasteiger partial charge is 0.351 e. The fraction of sp³-hybridized carbons (Fsp3) is 0.286. The van der Waals surface area contributed by atoms with Crippen LogP contribution < -0.4 is 11.1 Å². The van der Waals surface area contributed by atoms with E-state index in [1.54, 1.807) is 17.5 Å². The molecule has 1 aromatic carbocycles. The first-order valence-electron chi connectivity index (χ1n) is 6.14. The van der Waals surface area contributed by atoms with Crippen molar-refractivity contribution in [2.75, 3.05) is 0 Å². The Kier molecular flexibility index (Phi) is 4.65. The summed E-state index contributed by atoms with van der Waals surface area (Å²) in [4.78, 5) is 17.1. The van der Waals surface area contributed by atoms with Crippen molar-refractivity contribution in [3.8, 4) is 0 Å². The van der Waals surface area contributed by atoms with Gasteiger partial charge in [-0.15, -0.1) is 11.3 Å². The molecular weight excluding hydrogens is 258 g/mol. The number of nitrogens with zero attached hydrogens (tertiary/aromatic N) is 1. The van der Waals surface area contributed by atoms with E-state index in [4.69, 9.17) is 5.73 Å². The zero-order chi connectivity index (χ0) is 13.7. The Balaban J connectivity index is 1.90. The second-order valence-electron chi connectivity index (χ2n) is 4.27. The molecule has 2 aromatic rings. The molecule has 100 valence electrons. The predicted octanol–water partition coefficient (Wildman–Crippen LogP) is 1.77. The maximum Gasteiger partial charge on any atom is 0.224 e. The van der Waals surface area contributed by atoms with E-state index in [0.717, 1.165) is 21.0 Å². The minimum Gasteiger partial charge on any atom is -0.351 e. The number of thiazole rings is 1. The summed E-state index contributed by atoms with van der Waals surface area (Å²) in [5.74, 6) is 0.00644. The Bertz CT molecular complexity index is 565. The zero-order valence-corrected chi connectivity index (χ0v) is 11.7. The van der Waals surface area contributed by atoms with E-state index in [1.807, 2.05) is 31.2 Å². The minimum atomic E-state index is 0.00644. The van der Waals surface area contributed by atoms with Crippen LogP contribution in [-0.2, 0) is 24.3 Å². The number of rotatable bonds is 5. The van der Waals surface area contributed by atoms with Crippen LogP contribution in [0.1, 0.15) is 21.0 Å². The number of aryl methyl sites for hydroxylation is 1. The van der Waals surface area contributed by atoms with Crippen LogP contribution in [-0.4, -0.2) is 10.9 Å². The van der Waals surface area contributed by atoms with E-state index in [9.17, 15) is 4.79 Å². The van der Waals surface area contributed by atoms with Crippen molar-refractivity contribution >= 4 is 17.2 Å². The first-order valence-corrected chi connectivity index (χ1v) is 6.95. The number of aromatic nitrogens is 1. The van der Waals surface area contributed by atoms with Gasteiger partial charge in [-0.2, -0.15) is 0 Å². The van der Waals surface area contributed by atoms with Crippen molar-refractivity contribution < 1.29 is 4.79 Å². The van der Waals surface area contributed by atoms with Crippen molar-refractivity contribution in [1.82, 2.24) is 10.3 Å². The fourth-order valence-electron chi connectivity index (χ4n) is 1.84. The van der Waals surface area contributed by atoms with Gasteiger partial charge in [0, 0.05) is 17.6 Å². The zero-order valence-electron chi connectivity index (χ0n) is 10.8. The fourth-order valence-corrected chi connectivity index (χ4v) is 2.57. The van der Waals surface area contributed by atoms with Crippen LogP contribution in [0.25, 0.3) is 0 Å². The van der Waals surface area contributed by atoms with Gasteiger partial charge in [0.2, 0.25) is 5.91 Å². The third-order valence-electron chi connectivity index (χ3n) is 2.82. The quantitative estimate of drug-likeness (QED) is 0.874. The summed E-state index contributed by atoms with van der Waals surface area (Å²) in [6, 6.07) is 7.76. The van der Waals surface area contributed by atoms with Gasteiger partial charge in [0.1, 0.15) is 0 Å². The molecule has 0 radical (unpaired) electrons. The number of benzene rings is 1. The molecule has 0 saturated heterocycles. The molecule has 2 rings (SSSR count). The monoisotopic (exact) mass is 275 g/mol. The highest BCUT2D eigenvalue weighted by atomic mass is 32.1. The summed E-state index contributed by atoms with van der Waals surface area (Å²) in [6.45, 7) is 2.94. The topological polar surface area (TPSA) is 68.0 Å². The number of nitrogens with two attached hydrogens (primary N) is 1. The average molecular weight is 275 g/mol. The standard InChI is InChI=1S/C14H17N3OS/c1-10-16-8-13(19-10)9-17-14(18)6-11-4-2-3-5-12(11)7-15/h2-5,8H,6-7,9,15H2,1H3,(H,17,18). The van der Waals surface area contributed by atoms with Gasteiger partial charge in [-0.1, -0.05) is 24.3 Å². The Morgan fingerprint density at radius 1 is 1.37 bits per heavy atom. The van der Waals surface area contributed by atoms with Crippen molar-refractivity contribution in [1.29, 1.82) is 0 Å². The summed E-state index contributed by atoms with van der Waals surface area (Å²) in [7, 11) is 0. The number of hydrogen-bond donors (Lipinski definition) is 2. The molecule has 0 unspecified atom stereocenters. The van der Waals surface area contributed by atoms with Gasteiger partial charge >= 0.3 is 0 Å². The lowest BCUT2D eigenvalue weighted by Gasteiger charge is -2.07. The maximum atomic E-state index is 11.9. The summed E-state index contributed by atoms with van der Waals surface area (Å²) < 4.78 is 0. The van der Waals surface area contributed by atoms with E-state index in [2.05, 4.69) is 10.3 Å². The molecule has 0 fully saturated rings. The molecule has 5 heteroatoms.